The zero-order valence-electron chi connectivity index (χ0n) is 21.9. The third kappa shape index (κ3) is 6.26. The monoisotopic (exact) mass is 579 g/mol. The number of rotatable bonds is 9. The average molecular weight is 581 g/mol. The summed E-state index contributed by atoms with van der Waals surface area (Å²) >= 11 is 13.1. The van der Waals surface area contributed by atoms with Crippen LogP contribution in [0, 0.1) is 5.92 Å². The summed E-state index contributed by atoms with van der Waals surface area (Å²) in [5.74, 6) is -2.41. The molecular weight excluding hydrogens is 549 g/mol. The van der Waals surface area contributed by atoms with Crippen LogP contribution in [0.4, 0.5) is 10.5 Å². The molecule has 0 radical (unpaired) electrons. The molecule has 7 nitrogen and oxygen atoms in total. The smallest absolute Gasteiger partial charge is 0.315 e. The second-order valence-electron chi connectivity index (χ2n) is 10.4. The lowest BCUT2D eigenvalue weighted by atomic mass is 9.97. The molecule has 2 aliphatic rings. The summed E-state index contributed by atoms with van der Waals surface area (Å²) in [6.45, 7) is 1.44. The van der Waals surface area contributed by atoms with Gasteiger partial charge in [-0.3, -0.25) is 9.59 Å². The van der Waals surface area contributed by atoms with Crippen molar-refractivity contribution in [1.82, 2.24) is 10.6 Å². The van der Waals surface area contributed by atoms with Gasteiger partial charge < -0.3 is 20.6 Å². The van der Waals surface area contributed by atoms with Crippen LogP contribution in [0.3, 0.4) is 0 Å². The molecule has 5 rings (SSSR count). The zero-order valence-corrected chi connectivity index (χ0v) is 23.4. The number of carboxylic acid groups (broad SMARTS) is 1. The van der Waals surface area contributed by atoms with Crippen LogP contribution < -0.4 is 15.5 Å². The van der Waals surface area contributed by atoms with Crippen LogP contribution in [0.1, 0.15) is 58.3 Å². The summed E-state index contributed by atoms with van der Waals surface area (Å²) in [7, 11) is 0. The van der Waals surface area contributed by atoms with E-state index in [1.807, 2.05) is 42.5 Å². The van der Waals surface area contributed by atoms with Gasteiger partial charge in [-0.25, -0.2) is 4.79 Å². The Morgan fingerprint density at radius 1 is 0.975 bits per heavy atom. The summed E-state index contributed by atoms with van der Waals surface area (Å²) in [4.78, 5) is 39.8. The maximum Gasteiger partial charge on any atom is 0.315 e. The van der Waals surface area contributed by atoms with E-state index in [0.29, 0.717) is 5.92 Å². The Morgan fingerprint density at radius 3 is 2.40 bits per heavy atom. The molecule has 1 heterocycles. The van der Waals surface area contributed by atoms with Gasteiger partial charge in [0.25, 0.3) is 0 Å². The molecule has 1 aliphatic heterocycles. The van der Waals surface area contributed by atoms with Gasteiger partial charge in [-0.15, -0.1) is 0 Å². The minimum absolute atomic E-state index is 0.101. The first-order valence-electron chi connectivity index (χ1n) is 13.5. The van der Waals surface area contributed by atoms with Gasteiger partial charge in [0.2, 0.25) is 0 Å². The maximum absolute atomic E-state index is 13.2. The number of hydrogen-bond acceptors (Lipinski definition) is 4. The normalized spacial score (nSPS) is 18.7. The van der Waals surface area contributed by atoms with Crippen molar-refractivity contribution < 1.29 is 19.5 Å². The van der Waals surface area contributed by atoms with Gasteiger partial charge in [0.15, 0.2) is 5.78 Å². The van der Waals surface area contributed by atoms with Crippen LogP contribution in [0.25, 0.3) is 0 Å². The van der Waals surface area contributed by atoms with Crippen molar-refractivity contribution in [3.05, 3.63) is 99.0 Å². The largest absolute Gasteiger partial charge is 0.481 e. The number of urea groups is 1. The minimum Gasteiger partial charge on any atom is -0.481 e. The Labute approximate surface area is 243 Å². The lowest BCUT2D eigenvalue weighted by Gasteiger charge is -2.21. The van der Waals surface area contributed by atoms with Gasteiger partial charge in [0.05, 0.1) is 27.6 Å². The molecule has 3 N–H and O–H groups in total. The number of benzene rings is 3. The number of ketones is 1. The molecular formula is C31H31Cl2N3O4. The fourth-order valence-electron chi connectivity index (χ4n) is 5.71. The summed E-state index contributed by atoms with van der Waals surface area (Å²) in [5, 5.41) is 15.6. The number of nitrogens with zero attached hydrogens (tertiary/aromatic N) is 1. The second kappa shape index (κ2) is 12.3. The summed E-state index contributed by atoms with van der Waals surface area (Å²) in [6, 6.07) is 21.1. The lowest BCUT2D eigenvalue weighted by Crippen LogP contribution is -2.41. The average Bonchev–Trinajstić information content (AvgIpc) is 3.59. The molecule has 3 unspecified atom stereocenters. The Bertz CT molecular complexity index is 1390. The van der Waals surface area contributed by atoms with Crippen LogP contribution in [0.2, 0.25) is 10.0 Å². The van der Waals surface area contributed by atoms with E-state index in [9.17, 15) is 19.5 Å². The standard InChI is InChI=1S/C31H31Cl2N3O4/c32-25-15-23(36-13-12-21(18-36)19-6-2-1-3-7-19)16-26(33)29(25)28(37)14-22(30(38)39)17-34-31(40)35-27-11-10-20-8-4-5-9-24(20)27/h1-9,15-16,21-22,27H,10-14,17-18H2,(H,38,39)(H2,34,35,40). The molecule has 1 fully saturated rings. The molecule has 0 saturated carbocycles. The van der Waals surface area contributed by atoms with Crippen molar-refractivity contribution in [1.29, 1.82) is 0 Å². The molecule has 2 amide bonds. The van der Waals surface area contributed by atoms with Crippen molar-refractivity contribution in [3.63, 3.8) is 0 Å². The van der Waals surface area contributed by atoms with E-state index >= 15 is 0 Å². The summed E-state index contributed by atoms with van der Waals surface area (Å²) in [5.41, 5.74) is 4.47. The number of amides is 2. The predicted octanol–water partition coefficient (Wildman–Crippen LogP) is 6.25. The van der Waals surface area contributed by atoms with Crippen molar-refractivity contribution in [2.45, 2.75) is 37.6 Å². The van der Waals surface area contributed by atoms with E-state index in [2.05, 4.69) is 27.7 Å². The van der Waals surface area contributed by atoms with E-state index in [1.54, 1.807) is 12.1 Å². The number of halogens is 2. The van der Waals surface area contributed by atoms with Crippen molar-refractivity contribution >= 4 is 46.7 Å². The van der Waals surface area contributed by atoms with E-state index < -0.39 is 23.7 Å². The first kappa shape index (κ1) is 28.0. The van der Waals surface area contributed by atoms with Crippen LogP contribution in [0.15, 0.2) is 66.7 Å². The Hall–Kier alpha value is -3.55. The van der Waals surface area contributed by atoms with Crippen LogP contribution >= 0.6 is 23.2 Å². The van der Waals surface area contributed by atoms with E-state index in [1.165, 1.54) is 11.1 Å². The number of fused-ring (bicyclic) bond motifs is 1. The molecule has 1 aliphatic carbocycles. The van der Waals surface area contributed by atoms with Gasteiger partial charge >= 0.3 is 12.0 Å². The highest BCUT2D eigenvalue weighted by molar-refractivity contribution is 6.40. The maximum atomic E-state index is 13.2. The first-order chi connectivity index (χ1) is 19.3. The Morgan fingerprint density at radius 2 is 1.68 bits per heavy atom. The summed E-state index contributed by atoms with van der Waals surface area (Å²) in [6.07, 6.45) is 2.30. The molecule has 3 aromatic carbocycles. The number of carbonyl (C=O) groups excluding carboxylic acids is 2. The highest BCUT2D eigenvalue weighted by Crippen LogP contribution is 2.36. The molecule has 0 aromatic heterocycles. The van der Waals surface area contributed by atoms with E-state index in [-0.39, 0.29) is 34.6 Å². The molecule has 1 saturated heterocycles. The van der Waals surface area contributed by atoms with Gasteiger partial charge in [-0.1, -0.05) is 77.8 Å². The van der Waals surface area contributed by atoms with Gasteiger partial charge in [0, 0.05) is 37.7 Å². The van der Waals surface area contributed by atoms with Crippen LogP contribution in [0.5, 0.6) is 0 Å². The van der Waals surface area contributed by atoms with Gasteiger partial charge in [-0.05, 0) is 48.1 Å². The number of aryl methyl sites for hydroxylation is 1. The fraction of sp³-hybridized carbons (Fsp3) is 0.323. The molecule has 3 aromatic rings. The van der Waals surface area contributed by atoms with Crippen LogP contribution in [-0.2, 0) is 11.2 Å². The van der Waals surface area contributed by atoms with Crippen molar-refractivity contribution in [3.8, 4) is 0 Å². The van der Waals surface area contributed by atoms with Crippen LogP contribution in [-0.4, -0.2) is 42.5 Å². The number of carboxylic acids is 1. The topological polar surface area (TPSA) is 98.7 Å². The molecule has 208 valence electrons. The minimum atomic E-state index is -1.19. The number of aliphatic carboxylic acids is 1. The number of carbonyl (C=O) groups is 3. The molecule has 40 heavy (non-hydrogen) atoms. The second-order valence-corrected chi connectivity index (χ2v) is 11.2. The number of anilines is 1. The SMILES string of the molecule is O=C(NCC(CC(=O)c1c(Cl)cc(N2CCC(c3ccccc3)C2)cc1Cl)C(=O)O)NC1CCc2ccccc21. The predicted molar refractivity (Wildman–Crippen MR) is 157 cm³/mol. The highest BCUT2D eigenvalue weighted by Gasteiger charge is 2.29. The summed E-state index contributed by atoms with van der Waals surface area (Å²) < 4.78 is 0. The third-order valence-corrected chi connectivity index (χ3v) is 8.45. The highest BCUT2D eigenvalue weighted by atomic mass is 35.5. The van der Waals surface area contributed by atoms with Crippen molar-refractivity contribution in [2.24, 2.45) is 5.92 Å². The third-order valence-electron chi connectivity index (χ3n) is 7.86. The number of hydrogen-bond donors (Lipinski definition) is 3. The lowest BCUT2D eigenvalue weighted by molar-refractivity contribution is -0.141. The number of nitrogens with one attached hydrogen (secondary N) is 2. The van der Waals surface area contributed by atoms with Crippen molar-refractivity contribution in [2.75, 3.05) is 24.5 Å². The molecule has 3 atom stereocenters. The zero-order chi connectivity index (χ0) is 28.2. The molecule has 0 spiro atoms. The fourth-order valence-corrected chi connectivity index (χ4v) is 6.39. The molecule has 0 bridgehead atoms. The Balaban J connectivity index is 1.19. The molecule has 9 heteroatoms. The quantitative estimate of drug-likeness (QED) is 0.260. The van der Waals surface area contributed by atoms with Gasteiger partial charge in [0.1, 0.15) is 0 Å². The van der Waals surface area contributed by atoms with E-state index in [0.717, 1.165) is 43.6 Å². The first-order valence-corrected chi connectivity index (χ1v) is 14.2. The Kier molecular flexibility index (Phi) is 8.62. The van der Waals surface area contributed by atoms with Gasteiger partial charge in [-0.2, -0.15) is 0 Å². The number of Topliss-reactive ketones (excluding diaryl/α,β-unsaturated/α-hetero) is 1. The van der Waals surface area contributed by atoms with E-state index in [4.69, 9.17) is 23.2 Å².